The summed E-state index contributed by atoms with van der Waals surface area (Å²) >= 11 is 0. The number of para-hydroxylation sites is 1. The van der Waals surface area contributed by atoms with Crippen LogP contribution in [0, 0.1) is 0 Å². The molecule has 2 aliphatic rings. The molecule has 1 atom stereocenters. The summed E-state index contributed by atoms with van der Waals surface area (Å²) in [5, 5.41) is 9.24. The van der Waals surface area contributed by atoms with Crippen LogP contribution in [0.4, 0.5) is 4.79 Å². The molecule has 10 nitrogen and oxygen atoms in total. The zero-order valence-corrected chi connectivity index (χ0v) is 23.1. The molecule has 1 unspecified atom stereocenters. The van der Waals surface area contributed by atoms with Crippen LogP contribution < -0.4 is 14.8 Å². The van der Waals surface area contributed by atoms with Gasteiger partial charge in [-0.05, 0) is 42.3 Å². The Hall–Kier alpha value is -3.63. The molecule has 2 aromatic rings. The summed E-state index contributed by atoms with van der Waals surface area (Å²) in [6.07, 6.45) is 1.34. The Bertz CT molecular complexity index is 1130. The lowest BCUT2D eigenvalue weighted by Gasteiger charge is -2.31. The molecule has 4 rings (SSSR count). The van der Waals surface area contributed by atoms with Crippen molar-refractivity contribution in [1.82, 2.24) is 20.1 Å². The third-order valence-electron chi connectivity index (χ3n) is 7.02. The van der Waals surface area contributed by atoms with E-state index in [1.807, 2.05) is 55.5 Å². The average Bonchev–Trinajstić information content (AvgIpc) is 3.44. The van der Waals surface area contributed by atoms with Crippen molar-refractivity contribution >= 4 is 17.6 Å². The predicted molar refractivity (Wildman–Crippen MR) is 149 cm³/mol. The highest BCUT2D eigenvalue weighted by Crippen LogP contribution is 2.37. The van der Waals surface area contributed by atoms with Crippen molar-refractivity contribution in [3.63, 3.8) is 0 Å². The van der Waals surface area contributed by atoms with Crippen LogP contribution in [0.25, 0.3) is 0 Å². The molecule has 2 heterocycles. The Labute approximate surface area is 230 Å². The van der Waals surface area contributed by atoms with Gasteiger partial charge in [0.1, 0.15) is 18.0 Å². The molecule has 0 aromatic heterocycles. The number of methoxy groups -OCH3 is 2. The minimum atomic E-state index is -0.356. The summed E-state index contributed by atoms with van der Waals surface area (Å²) < 4.78 is 16.4. The highest BCUT2D eigenvalue weighted by atomic mass is 16.5. The van der Waals surface area contributed by atoms with E-state index >= 15 is 0 Å². The van der Waals surface area contributed by atoms with Gasteiger partial charge in [-0.1, -0.05) is 25.1 Å². The number of nitrogens with zero attached hydrogens (tertiary/aromatic N) is 4. The number of morpholine rings is 1. The van der Waals surface area contributed by atoms with E-state index in [0.717, 1.165) is 42.1 Å². The molecule has 10 heteroatoms. The Morgan fingerprint density at radius 1 is 1.08 bits per heavy atom. The predicted octanol–water partition coefficient (Wildman–Crippen LogP) is 3.14. The van der Waals surface area contributed by atoms with E-state index in [0.29, 0.717) is 45.0 Å². The van der Waals surface area contributed by atoms with Crippen LogP contribution >= 0.6 is 0 Å². The van der Waals surface area contributed by atoms with Crippen molar-refractivity contribution < 1.29 is 23.8 Å². The van der Waals surface area contributed by atoms with Gasteiger partial charge < -0.3 is 24.4 Å². The fraction of sp³-hybridized carbons (Fsp3) is 0.483. The maximum atomic E-state index is 13.8. The van der Waals surface area contributed by atoms with Gasteiger partial charge in [0, 0.05) is 44.7 Å². The van der Waals surface area contributed by atoms with Crippen molar-refractivity contribution in [3.8, 4) is 11.5 Å². The molecule has 2 aromatic carbocycles. The number of nitrogens with one attached hydrogen (secondary N) is 1. The quantitative estimate of drug-likeness (QED) is 0.473. The Morgan fingerprint density at radius 3 is 2.51 bits per heavy atom. The second-order valence-corrected chi connectivity index (χ2v) is 9.58. The number of ether oxygens (including phenoxy) is 3. The second kappa shape index (κ2) is 14.0. The topological polar surface area (TPSA) is 95.9 Å². The molecule has 3 amide bonds. The fourth-order valence-corrected chi connectivity index (χ4v) is 4.80. The zero-order chi connectivity index (χ0) is 27.6. The lowest BCUT2D eigenvalue weighted by atomic mass is 9.97. The monoisotopic (exact) mass is 537 g/mol. The number of carbonyl (C=O) groups excluding carboxylic acids is 2. The molecule has 2 aliphatic heterocycles. The van der Waals surface area contributed by atoms with Crippen LogP contribution in [0.1, 0.15) is 36.9 Å². The molecule has 39 heavy (non-hydrogen) atoms. The molecule has 1 N–H and O–H groups in total. The van der Waals surface area contributed by atoms with E-state index in [4.69, 9.17) is 19.3 Å². The molecule has 210 valence electrons. The highest BCUT2D eigenvalue weighted by Gasteiger charge is 2.36. The normalized spacial score (nSPS) is 17.5. The third kappa shape index (κ3) is 7.27. The summed E-state index contributed by atoms with van der Waals surface area (Å²) in [4.78, 5) is 30.7. The van der Waals surface area contributed by atoms with Crippen LogP contribution in [0.15, 0.2) is 53.6 Å². The zero-order valence-electron chi connectivity index (χ0n) is 23.1. The van der Waals surface area contributed by atoms with Gasteiger partial charge in [0.25, 0.3) is 5.91 Å². The number of benzene rings is 2. The van der Waals surface area contributed by atoms with Gasteiger partial charge in [-0.15, -0.1) is 0 Å². The number of hydrogen-bond donors (Lipinski definition) is 1. The lowest BCUT2D eigenvalue weighted by Crippen LogP contribution is -2.49. The Balaban J connectivity index is 1.58. The van der Waals surface area contributed by atoms with Crippen LogP contribution in [0.2, 0.25) is 0 Å². The molecule has 0 aliphatic carbocycles. The molecule has 0 bridgehead atoms. The van der Waals surface area contributed by atoms with Gasteiger partial charge in [0.2, 0.25) is 0 Å². The molecular weight excluding hydrogens is 498 g/mol. The summed E-state index contributed by atoms with van der Waals surface area (Å²) in [7, 11) is 3.25. The van der Waals surface area contributed by atoms with E-state index < -0.39 is 0 Å². The minimum absolute atomic E-state index is 0.0784. The average molecular weight is 538 g/mol. The van der Waals surface area contributed by atoms with Crippen LogP contribution in [0.5, 0.6) is 11.5 Å². The summed E-state index contributed by atoms with van der Waals surface area (Å²) in [5.41, 5.74) is 2.57. The maximum absolute atomic E-state index is 13.8. The first-order valence-electron chi connectivity index (χ1n) is 13.5. The molecular formula is C29H39N5O5. The first kappa shape index (κ1) is 28.4. The van der Waals surface area contributed by atoms with Crippen molar-refractivity contribution in [3.05, 3.63) is 59.7 Å². The Kier molecular flexibility index (Phi) is 10.2. The van der Waals surface area contributed by atoms with Gasteiger partial charge in [-0.2, -0.15) is 5.10 Å². The standard InChI is InChI=1S/C29H39N5O5/c1-4-13-30-29(36)33(15-14-32-16-18-39-19-17-32)21-28(35)34-26(24-7-5-6-8-27(24)38-3)20-25(31-34)22-9-11-23(37-2)12-10-22/h5-12,26H,4,13-21H2,1-3H3,(H,30,36). The smallest absolute Gasteiger partial charge is 0.317 e. The number of rotatable bonds is 11. The minimum Gasteiger partial charge on any atom is -0.497 e. The van der Waals surface area contributed by atoms with Gasteiger partial charge in [0.05, 0.1) is 39.2 Å². The number of hydrazone groups is 1. The van der Waals surface area contributed by atoms with E-state index in [9.17, 15) is 9.59 Å². The Morgan fingerprint density at radius 2 is 1.82 bits per heavy atom. The van der Waals surface area contributed by atoms with E-state index in [-0.39, 0.29) is 24.5 Å². The lowest BCUT2D eigenvalue weighted by molar-refractivity contribution is -0.133. The van der Waals surface area contributed by atoms with E-state index in [1.54, 1.807) is 19.1 Å². The first-order valence-corrected chi connectivity index (χ1v) is 13.5. The largest absolute Gasteiger partial charge is 0.497 e. The third-order valence-corrected chi connectivity index (χ3v) is 7.02. The van der Waals surface area contributed by atoms with Crippen molar-refractivity contribution in [2.24, 2.45) is 5.10 Å². The maximum Gasteiger partial charge on any atom is 0.317 e. The molecule has 0 saturated carbocycles. The highest BCUT2D eigenvalue weighted by molar-refractivity contribution is 6.03. The van der Waals surface area contributed by atoms with Gasteiger partial charge in [-0.3, -0.25) is 9.69 Å². The van der Waals surface area contributed by atoms with Crippen molar-refractivity contribution in [1.29, 1.82) is 0 Å². The van der Waals surface area contributed by atoms with Gasteiger partial charge in [-0.25, -0.2) is 9.80 Å². The number of amides is 3. The molecule has 1 fully saturated rings. The van der Waals surface area contributed by atoms with Gasteiger partial charge in [0.15, 0.2) is 0 Å². The van der Waals surface area contributed by atoms with Crippen LogP contribution in [-0.4, -0.2) is 99.2 Å². The summed E-state index contributed by atoms with van der Waals surface area (Å²) in [5.74, 6) is 1.19. The van der Waals surface area contributed by atoms with Crippen LogP contribution in [-0.2, 0) is 9.53 Å². The fourth-order valence-electron chi connectivity index (χ4n) is 4.80. The second-order valence-electron chi connectivity index (χ2n) is 9.58. The number of carbonyl (C=O) groups is 2. The number of urea groups is 1. The molecule has 1 saturated heterocycles. The molecule has 0 spiro atoms. The number of hydrogen-bond acceptors (Lipinski definition) is 7. The first-order chi connectivity index (χ1) is 19.0. The van der Waals surface area contributed by atoms with Gasteiger partial charge >= 0.3 is 6.03 Å². The van der Waals surface area contributed by atoms with E-state index in [1.165, 1.54) is 5.01 Å². The molecule has 0 radical (unpaired) electrons. The SMILES string of the molecule is CCCNC(=O)N(CCN1CCOCC1)CC(=O)N1N=C(c2ccc(OC)cc2)CC1c1ccccc1OC. The van der Waals surface area contributed by atoms with Crippen molar-refractivity contribution in [2.75, 3.05) is 66.7 Å². The van der Waals surface area contributed by atoms with Crippen molar-refractivity contribution in [2.45, 2.75) is 25.8 Å². The summed E-state index contributed by atoms with van der Waals surface area (Å²) in [6, 6.07) is 14.7. The van der Waals surface area contributed by atoms with Crippen LogP contribution in [0.3, 0.4) is 0 Å². The van der Waals surface area contributed by atoms with E-state index in [2.05, 4.69) is 10.2 Å². The summed E-state index contributed by atoms with van der Waals surface area (Å²) in [6.45, 7) is 6.57.